The third-order valence-electron chi connectivity index (χ3n) is 7.23. The fourth-order valence-electron chi connectivity index (χ4n) is 3.57. The fourth-order valence-corrected chi connectivity index (χ4v) is 6.37. The normalized spacial score (nSPS) is 32.6. The van der Waals surface area contributed by atoms with Crippen molar-refractivity contribution < 1.29 is 8.85 Å². The molecule has 2 nitrogen and oxygen atoms in total. The van der Waals surface area contributed by atoms with E-state index in [1.807, 2.05) is 0 Å². The Kier molecular flexibility index (Phi) is 5.10. The minimum absolute atomic E-state index is 0.311. The molecule has 0 aromatic heterocycles. The van der Waals surface area contributed by atoms with Crippen LogP contribution < -0.4 is 0 Å². The van der Waals surface area contributed by atoms with Crippen molar-refractivity contribution in [2.75, 3.05) is 0 Å². The van der Waals surface area contributed by atoms with Gasteiger partial charge in [0.05, 0.1) is 0 Å². The van der Waals surface area contributed by atoms with E-state index in [1.54, 1.807) is 0 Å². The Morgan fingerprint density at radius 3 is 1.13 bits per heavy atom. The van der Waals surface area contributed by atoms with Gasteiger partial charge in [-0.15, -0.1) is 0 Å². The molecule has 2 bridgehead atoms. The lowest BCUT2D eigenvalue weighted by Gasteiger charge is -2.43. The van der Waals surface area contributed by atoms with E-state index < -0.39 is 16.6 Å². The lowest BCUT2D eigenvalue weighted by Crippen LogP contribution is -2.48. The SMILES string of the molecule is CC(C)(C)[Si](C)(C)O[C@@H]1C[C@@H]2C[C@H]1C[C@H]2O[Si](C)(C)C(C)(C)C. The van der Waals surface area contributed by atoms with Crippen LogP contribution in [-0.2, 0) is 8.85 Å². The zero-order chi connectivity index (χ0) is 17.8. The predicted octanol–water partition coefficient (Wildman–Crippen LogP) is 6.20. The molecule has 2 fully saturated rings. The van der Waals surface area contributed by atoms with Gasteiger partial charge >= 0.3 is 0 Å². The maximum atomic E-state index is 6.74. The van der Waals surface area contributed by atoms with Gasteiger partial charge in [0.25, 0.3) is 0 Å². The third-order valence-corrected chi connectivity index (χ3v) is 16.2. The minimum Gasteiger partial charge on any atom is -0.414 e. The maximum absolute atomic E-state index is 6.74. The van der Waals surface area contributed by atoms with Crippen LogP contribution in [-0.4, -0.2) is 28.8 Å². The number of rotatable bonds is 4. The number of fused-ring (bicyclic) bond motifs is 2. The molecule has 0 spiro atoms. The lowest BCUT2D eigenvalue weighted by atomic mass is 9.95. The van der Waals surface area contributed by atoms with Gasteiger partial charge in [-0.25, -0.2) is 0 Å². The molecule has 23 heavy (non-hydrogen) atoms. The Morgan fingerprint density at radius 1 is 0.609 bits per heavy atom. The summed E-state index contributed by atoms with van der Waals surface area (Å²) in [6.07, 6.45) is 4.80. The van der Waals surface area contributed by atoms with Crippen LogP contribution in [0.25, 0.3) is 0 Å². The Morgan fingerprint density at radius 2 is 0.913 bits per heavy atom. The molecule has 4 heteroatoms. The molecule has 0 aromatic carbocycles. The molecule has 0 radical (unpaired) electrons. The summed E-state index contributed by atoms with van der Waals surface area (Å²) in [6, 6.07) is 0. The predicted molar refractivity (Wildman–Crippen MR) is 105 cm³/mol. The highest BCUT2D eigenvalue weighted by Gasteiger charge is 2.52. The molecule has 0 aliphatic heterocycles. The van der Waals surface area contributed by atoms with Crippen molar-refractivity contribution in [2.24, 2.45) is 11.8 Å². The largest absolute Gasteiger partial charge is 0.414 e. The quantitative estimate of drug-likeness (QED) is 0.558. The summed E-state index contributed by atoms with van der Waals surface area (Å²) in [5.41, 5.74) is 0. The zero-order valence-electron chi connectivity index (χ0n) is 17.2. The molecule has 0 saturated heterocycles. The van der Waals surface area contributed by atoms with E-state index in [0.29, 0.717) is 22.3 Å². The number of hydrogen-bond donors (Lipinski definition) is 0. The molecule has 0 aromatic rings. The highest BCUT2D eigenvalue weighted by Crippen LogP contribution is 2.52. The van der Waals surface area contributed by atoms with Crippen LogP contribution in [0.5, 0.6) is 0 Å². The molecule has 2 aliphatic rings. The highest BCUT2D eigenvalue weighted by molar-refractivity contribution is 6.74. The average Bonchev–Trinajstić information content (AvgIpc) is 2.83. The van der Waals surface area contributed by atoms with Crippen molar-refractivity contribution in [1.82, 2.24) is 0 Å². The first kappa shape index (κ1) is 19.7. The molecule has 0 N–H and O–H groups in total. The monoisotopic (exact) mass is 356 g/mol. The average molecular weight is 357 g/mol. The molecule has 2 saturated carbocycles. The van der Waals surface area contributed by atoms with Gasteiger partial charge in [0.1, 0.15) is 0 Å². The van der Waals surface area contributed by atoms with Crippen LogP contribution in [0.3, 0.4) is 0 Å². The van der Waals surface area contributed by atoms with E-state index in [9.17, 15) is 0 Å². The second-order valence-electron chi connectivity index (χ2n) is 11.1. The molecule has 0 amide bonds. The maximum Gasteiger partial charge on any atom is 0.192 e. The molecule has 2 aliphatic carbocycles. The molecule has 136 valence electrons. The van der Waals surface area contributed by atoms with E-state index in [1.165, 1.54) is 19.3 Å². The minimum atomic E-state index is -1.64. The van der Waals surface area contributed by atoms with Crippen LogP contribution >= 0.6 is 0 Å². The highest BCUT2D eigenvalue weighted by atomic mass is 28.4. The molecular formula is C19H40O2Si2. The van der Waals surface area contributed by atoms with Gasteiger partial charge in [0, 0.05) is 12.2 Å². The van der Waals surface area contributed by atoms with Gasteiger partial charge < -0.3 is 8.85 Å². The van der Waals surface area contributed by atoms with Crippen molar-refractivity contribution in [1.29, 1.82) is 0 Å². The van der Waals surface area contributed by atoms with Gasteiger partial charge in [-0.1, -0.05) is 41.5 Å². The molecule has 4 atom stereocenters. The summed E-state index contributed by atoms with van der Waals surface area (Å²) in [4.78, 5) is 0. The van der Waals surface area contributed by atoms with Crippen molar-refractivity contribution in [3.05, 3.63) is 0 Å². The van der Waals surface area contributed by atoms with Crippen molar-refractivity contribution in [3.63, 3.8) is 0 Å². The number of hydrogen-bond acceptors (Lipinski definition) is 2. The molecular weight excluding hydrogens is 316 g/mol. The topological polar surface area (TPSA) is 18.5 Å². The standard InChI is InChI=1S/C19H40O2Si2/c1-18(2,3)22(7,8)20-16-12-15-11-14(16)13-17(15)21-23(9,10)19(4,5)6/h14-17H,11-13H2,1-10H3/t14-,15-,16+,17+/m0/s1. The van der Waals surface area contributed by atoms with Gasteiger partial charge in [-0.2, -0.15) is 0 Å². The van der Waals surface area contributed by atoms with Crippen molar-refractivity contribution >= 4 is 16.6 Å². The van der Waals surface area contributed by atoms with Crippen LogP contribution in [0.15, 0.2) is 0 Å². The molecule has 0 unspecified atom stereocenters. The molecule has 0 heterocycles. The summed E-state index contributed by atoms with van der Waals surface area (Å²) < 4.78 is 13.5. The Labute approximate surface area is 147 Å². The summed E-state index contributed by atoms with van der Waals surface area (Å²) in [7, 11) is -3.28. The van der Waals surface area contributed by atoms with Gasteiger partial charge in [-0.3, -0.25) is 0 Å². The van der Waals surface area contributed by atoms with E-state index >= 15 is 0 Å². The van der Waals surface area contributed by atoms with Gasteiger partial charge in [0.15, 0.2) is 16.6 Å². The summed E-state index contributed by atoms with van der Waals surface area (Å²) in [5, 5.41) is 0.623. The van der Waals surface area contributed by atoms with Gasteiger partial charge in [-0.05, 0) is 67.4 Å². The van der Waals surface area contributed by atoms with Crippen molar-refractivity contribution in [3.8, 4) is 0 Å². The van der Waals surface area contributed by atoms with Crippen LogP contribution in [0.2, 0.25) is 36.3 Å². The smallest absolute Gasteiger partial charge is 0.192 e. The van der Waals surface area contributed by atoms with Gasteiger partial charge in [0.2, 0.25) is 0 Å². The van der Waals surface area contributed by atoms with Crippen LogP contribution in [0.4, 0.5) is 0 Å². The Bertz CT molecular complexity index is 392. The second-order valence-corrected chi connectivity index (χ2v) is 20.6. The zero-order valence-corrected chi connectivity index (χ0v) is 19.2. The van der Waals surface area contributed by atoms with E-state index in [4.69, 9.17) is 8.85 Å². The van der Waals surface area contributed by atoms with Crippen LogP contribution in [0, 0.1) is 11.8 Å². The third kappa shape index (κ3) is 3.96. The second kappa shape index (κ2) is 5.96. The van der Waals surface area contributed by atoms with Crippen molar-refractivity contribution in [2.45, 2.75) is 109 Å². The summed E-state index contributed by atoms with van der Waals surface area (Å²) in [5.74, 6) is 1.48. The first-order valence-electron chi connectivity index (χ1n) is 9.50. The summed E-state index contributed by atoms with van der Waals surface area (Å²) in [6.45, 7) is 23.6. The van der Waals surface area contributed by atoms with E-state index in [-0.39, 0.29) is 0 Å². The molecule has 2 rings (SSSR count). The van der Waals surface area contributed by atoms with E-state index in [2.05, 4.69) is 67.7 Å². The van der Waals surface area contributed by atoms with E-state index in [0.717, 1.165) is 11.8 Å². The first-order chi connectivity index (χ1) is 10.1. The fraction of sp³-hybridized carbons (Fsp3) is 1.00. The van der Waals surface area contributed by atoms with Crippen LogP contribution in [0.1, 0.15) is 60.8 Å². The first-order valence-corrected chi connectivity index (χ1v) is 15.3. The summed E-state index contributed by atoms with van der Waals surface area (Å²) >= 11 is 0. The Hall–Kier alpha value is 0.354. The lowest BCUT2D eigenvalue weighted by molar-refractivity contribution is 0.0561. The Balaban J connectivity index is 1.96.